The third-order valence-electron chi connectivity index (χ3n) is 3.97. The highest BCUT2D eigenvalue weighted by atomic mass is 79.9. The van der Waals surface area contributed by atoms with Crippen LogP contribution in [0.3, 0.4) is 0 Å². The molecule has 0 radical (unpaired) electrons. The van der Waals surface area contributed by atoms with Crippen molar-refractivity contribution in [2.75, 3.05) is 4.90 Å². The van der Waals surface area contributed by atoms with Gasteiger partial charge in [-0.2, -0.15) is 0 Å². The largest absolute Gasteiger partial charge is 0.350 e. The standard InChI is InChI=1S/C18H17BrN2O2/c1-12(22)21-16-8-3-2-6-14(16)10-17(21)18(23)20-11-13-5-4-7-15(19)9-13/h2-9,17H,10-11H2,1H3,(H,20,23)/t17-/m1/s1. The fraction of sp³-hybridized carbons (Fsp3) is 0.222. The highest BCUT2D eigenvalue weighted by Gasteiger charge is 2.36. The average molecular weight is 373 g/mol. The molecule has 0 aromatic heterocycles. The van der Waals surface area contributed by atoms with E-state index in [4.69, 9.17) is 0 Å². The first kappa shape index (κ1) is 15.7. The van der Waals surface area contributed by atoms with E-state index in [2.05, 4.69) is 21.2 Å². The SMILES string of the molecule is CC(=O)N1c2ccccc2C[C@@H]1C(=O)NCc1cccc(Br)c1. The molecule has 118 valence electrons. The molecule has 3 rings (SSSR count). The van der Waals surface area contributed by atoms with Crippen LogP contribution in [-0.2, 0) is 22.6 Å². The number of carbonyl (C=O) groups excluding carboxylic acids is 2. The van der Waals surface area contributed by atoms with Crippen molar-refractivity contribution < 1.29 is 9.59 Å². The van der Waals surface area contributed by atoms with E-state index in [0.717, 1.165) is 21.3 Å². The highest BCUT2D eigenvalue weighted by molar-refractivity contribution is 9.10. The van der Waals surface area contributed by atoms with Gasteiger partial charge in [0, 0.05) is 30.0 Å². The first-order valence-corrected chi connectivity index (χ1v) is 8.25. The molecule has 1 N–H and O–H groups in total. The van der Waals surface area contributed by atoms with Crippen LogP contribution < -0.4 is 10.2 Å². The molecule has 0 fully saturated rings. The Balaban J connectivity index is 1.73. The minimum Gasteiger partial charge on any atom is -0.350 e. The van der Waals surface area contributed by atoms with Crippen molar-refractivity contribution in [1.29, 1.82) is 0 Å². The van der Waals surface area contributed by atoms with Crippen LogP contribution in [0.25, 0.3) is 0 Å². The van der Waals surface area contributed by atoms with Crippen LogP contribution in [0.2, 0.25) is 0 Å². The molecule has 5 heteroatoms. The maximum atomic E-state index is 12.6. The van der Waals surface area contributed by atoms with Gasteiger partial charge in [-0.25, -0.2) is 0 Å². The lowest BCUT2D eigenvalue weighted by molar-refractivity contribution is -0.125. The maximum Gasteiger partial charge on any atom is 0.243 e. The van der Waals surface area contributed by atoms with Crippen LogP contribution in [0.4, 0.5) is 5.69 Å². The number of nitrogens with one attached hydrogen (secondary N) is 1. The normalized spacial score (nSPS) is 16.1. The Morgan fingerprint density at radius 1 is 1.22 bits per heavy atom. The molecule has 2 aromatic rings. The van der Waals surface area contributed by atoms with Crippen LogP contribution in [0.15, 0.2) is 53.0 Å². The van der Waals surface area contributed by atoms with Crippen LogP contribution in [-0.4, -0.2) is 17.9 Å². The molecule has 4 nitrogen and oxygen atoms in total. The van der Waals surface area contributed by atoms with Crippen molar-refractivity contribution >= 4 is 33.4 Å². The molecule has 0 saturated heterocycles. The molecule has 1 atom stereocenters. The van der Waals surface area contributed by atoms with Crippen LogP contribution in [0.1, 0.15) is 18.1 Å². The lowest BCUT2D eigenvalue weighted by Crippen LogP contribution is -2.47. The van der Waals surface area contributed by atoms with E-state index in [0.29, 0.717) is 13.0 Å². The number of fused-ring (bicyclic) bond motifs is 1. The second kappa shape index (κ2) is 6.54. The Hall–Kier alpha value is -2.14. The molecule has 23 heavy (non-hydrogen) atoms. The first-order valence-electron chi connectivity index (χ1n) is 7.46. The molecular formula is C18H17BrN2O2. The van der Waals surface area contributed by atoms with E-state index in [1.165, 1.54) is 6.92 Å². The number of hydrogen-bond acceptors (Lipinski definition) is 2. The molecule has 1 aliphatic heterocycles. The van der Waals surface area contributed by atoms with Crippen molar-refractivity contribution in [3.63, 3.8) is 0 Å². The summed E-state index contributed by atoms with van der Waals surface area (Å²) in [5.41, 5.74) is 2.88. The van der Waals surface area contributed by atoms with Gasteiger partial charge in [0.2, 0.25) is 11.8 Å². The zero-order valence-corrected chi connectivity index (χ0v) is 14.3. The molecule has 1 aliphatic rings. The van der Waals surface area contributed by atoms with E-state index in [1.54, 1.807) is 4.90 Å². The Morgan fingerprint density at radius 3 is 2.74 bits per heavy atom. The average Bonchev–Trinajstić information content (AvgIpc) is 2.92. The van der Waals surface area contributed by atoms with Gasteiger partial charge >= 0.3 is 0 Å². The number of anilines is 1. The molecule has 2 amide bonds. The van der Waals surface area contributed by atoms with Gasteiger partial charge in [-0.1, -0.05) is 46.3 Å². The smallest absolute Gasteiger partial charge is 0.243 e. The summed E-state index contributed by atoms with van der Waals surface area (Å²) in [7, 11) is 0. The topological polar surface area (TPSA) is 49.4 Å². The number of halogens is 1. The van der Waals surface area contributed by atoms with Crippen molar-refractivity contribution in [2.24, 2.45) is 0 Å². The van der Waals surface area contributed by atoms with Gasteiger partial charge in [0.05, 0.1) is 0 Å². The summed E-state index contributed by atoms with van der Waals surface area (Å²) in [6.07, 6.45) is 0.556. The maximum absolute atomic E-state index is 12.6. The quantitative estimate of drug-likeness (QED) is 0.899. The van der Waals surface area contributed by atoms with Crippen molar-refractivity contribution in [1.82, 2.24) is 5.32 Å². The molecular weight excluding hydrogens is 356 g/mol. The van der Waals surface area contributed by atoms with Crippen LogP contribution in [0.5, 0.6) is 0 Å². The van der Waals surface area contributed by atoms with Gasteiger partial charge in [0.25, 0.3) is 0 Å². The van der Waals surface area contributed by atoms with Crippen LogP contribution >= 0.6 is 15.9 Å². The van der Waals surface area contributed by atoms with Gasteiger partial charge in [-0.3, -0.25) is 14.5 Å². The molecule has 0 saturated carbocycles. The predicted octanol–water partition coefficient (Wildman–Crippen LogP) is 3.04. The number of hydrogen-bond donors (Lipinski definition) is 1. The zero-order valence-electron chi connectivity index (χ0n) is 12.8. The van der Waals surface area contributed by atoms with Gasteiger partial charge in [-0.15, -0.1) is 0 Å². The lowest BCUT2D eigenvalue weighted by Gasteiger charge is -2.23. The van der Waals surface area contributed by atoms with Gasteiger partial charge in [0.15, 0.2) is 0 Å². The van der Waals surface area contributed by atoms with E-state index >= 15 is 0 Å². The molecule has 0 bridgehead atoms. The van der Waals surface area contributed by atoms with Gasteiger partial charge < -0.3 is 5.32 Å². The first-order chi connectivity index (χ1) is 11.1. The zero-order chi connectivity index (χ0) is 16.4. The molecule has 1 heterocycles. The number of para-hydroxylation sites is 1. The third-order valence-corrected chi connectivity index (χ3v) is 4.47. The minimum atomic E-state index is -0.475. The van der Waals surface area contributed by atoms with E-state index in [1.807, 2.05) is 48.5 Å². The summed E-state index contributed by atoms with van der Waals surface area (Å²) in [5.74, 6) is -0.242. The Kier molecular flexibility index (Phi) is 4.48. The number of carbonyl (C=O) groups is 2. The number of rotatable bonds is 3. The Labute approximate surface area is 143 Å². The third kappa shape index (κ3) is 3.29. The van der Waals surface area contributed by atoms with Crippen molar-refractivity contribution in [3.05, 3.63) is 64.1 Å². The fourth-order valence-corrected chi connectivity index (χ4v) is 3.39. The minimum absolute atomic E-state index is 0.113. The fourth-order valence-electron chi connectivity index (χ4n) is 2.94. The van der Waals surface area contributed by atoms with E-state index in [9.17, 15) is 9.59 Å². The van der Waals surface area contributed by atoms with Gasteiger partial charge in [-0.05, 0) is 29.3 Å². The molecule has 0 spiro atoms. The highest BCUT2D eigenvalue weighted by Crippen LogP contribution is 2.32. The molecule has 0 aliphatic carbocycles. The summed E-state index contributed by atoms with van der Waals surface area (Å²) in [5, 5.41) is 2.93. The second-order valence-electron chi connectivity index (χ2n) is 5.59. The van der Waals surface area contributed by atoms with E-state index in [-0.39, 0.29) is 11.8 Å². The van der Waals surface area contributed by atoms with Crippen LogP contribution in [0, 0.1) is 0 Å². The Bertz CT molecular complexity index is 760. The molecule has 2 aromatic carbocycles. The van der Waals surface area contributed by atoms with Crippen molar-refractivity contribution in [2.45, 2.75) is 25.9 Å². The monoisotopic (exact) mass is 372 g/mol. The Morgan fingerprint density at radius 2 is 2.00 bits per heavy atom. The predicted molar refractivity (Wildman–Crippen MR) is 93.1 cm³/mol. The summed E-state index contributed by atoms with van der Waals surface area (Å²) < 4.78 is 0.975. The number of benzene rings is 2. The molecule has 0 unspecified atom stereocenters. The summed E-state index contributed by atoms with van der Waals surface area (Å²) >= 11 is 3.42. The number of amides is 2. The summed E-state index contributed by atoms with van der Waals surface area (Å²) in [6, 6.07) is 15.0. The van der Waals surface area contributed by atoms with Crippen molar-refractivity contribution in [3.8, 4) is 0 Å². The summed E-state index contributed by atoms with van der Waals surface area (Å²) in [6.45, 7) is 1.94. The lowest BCUT2D eigenvalue weighted by atomic mass is 10.1. The second-order valence-corrected chi connectivity index (χ2v) is 6.50. The van der Waals surface area contributed by atoms with Gasteiger partial charge in [0.1, 0.15) is 6.04 Å². The number of nitrogens with zero attached hydrogens (tertiary/aromatic N) is 1. The van der Waals surface area contributed by atoms with E-state index < -0.39 is 6.04 Å². The summed E-state index contributed by atoms with van der Waals surface area (Å²) in [4.78, 5) is 26.1.